The Hall–Kier alpha value is -0.300. The van der Waals surface area contributed by atoms with E-state index in [1.54, 1.807) is 0 Å². The van der Waals surface area contributed by atoms with Crippen molar-refractivity contribution in [1.29, 1.82) is 0 Å². The first-order chi connectivity index (χ1) is 14.8. The second-order valence-corrected chi connectivity index (χ2v) is 15.4. The smallest absolute Gasteiger partial charge is 0.0484 e. The first kappa shape index (κ1) is 23.4. The molecule has 0 aromatic carbocycles. The average molecular weight is 441 g/mol. The monoisotopic (exact) mass is 440 g/mol. The van der Waals surface area contributed by atoms with Crippen molar-refractivity contribution < 1.29 is 5.11 Å². The Balaban J connectivity index is 1.56. The predicted molar refractivity (Wildman–Crippen MR) is 135 cm³/mol. The number of rotatable bonds is 1. The maximum Gasteiger partial charge on any atom is 0.0484 e. The van der Waals surface area contributed by atoms with Crippen LogP contribution in [0.1, 0.15) is 120 Å². The van der Waals surface area contributed by atoms with Gasteiger partial charge in [0.05, 0.1) is 0 Å². The third-order valence-electron chi connectivity index (χ3n) is 13.9. The summed E-state index contributed by atoms with van der Waals surface area (Å²) in [5.41, 5.74) is 4.12. The van der Waals surface area contributed by atoms with Gasteiger partial charge in [-0.2, -0.15) is 0 Å². The lowest BCUT2D eigenvalue weighted by Crippen LogP contribution is -2.63. The zero-order valence-corrected chi connectivity index (χ0v) is 22.6. The summed E-state index contributed by atoms with van der Waals surface area (Å²) < 4.78 is 0. The van der Waals surface area contributed by atoms with Gasteiger partial charge in [0.2, 0.25) is 0 Å². The quantitative estimate of drug-likeness (QED) is 0.406. The predicted octanol–water partition coefficient (Wildman–Crippen LogP) is 8.42. The number of hydrogen-bond donors (Lipinski definition) is 1. The Kier molecular flexibility index (Phi) is 5.05. The molecule has 5 aliphatic rings. The zero-order chi connectivity index (χ0) is 23.4. The van der Waals surface area contributed by atoms with E-state index in [1.807, 2.05) is 5.57 Å². The minimum atomic E-state index is 0.119. The van der Waals surface area contributed by atoms with Gasteiger partial charge in [-0.25, -0.2) is 0 Å². The highest BCUT2D eigenvalue weighted by molar-refractivity contribution is 5.33. The molecule has 0 aliphatic heterocycles. The van der Waals surface area contributed by atoms with E-state index in [0.29, 0.717) is 39.6 Å². The fourth-order valence-corrected chi connectivity index (χ4v) is 10.7. The summed E-state index contributed by atoms with van der Waals surface area (Å²) in [6.45, 7) is 21.1. The van der Waals surface area contributed by atoms with Crippen LogP contribution in [0.25, 0.3) is 0 Å². The summed E-state index contributed by atoms with van der Waals surface area (Å²) in [5.74, 6) is 3.23. The Morgan fingerprint density at radius 1 is 0.844 bits per heavy atom. The molecule has 0 radical (unpaired) electrons. The molecular formula is C31H52O. The van der Waals surface area contributed by atoms with Gasteiger partial charge in [-0.15, -0.1) is 0 Å². The first-order valence-electron chi connectivity index (χ1n) is 14.1. The molecule has 5 aliphatic carbocycles. The Morgan fingerprint density at radius 2 is 1.53 bits per heavy atom. The van der Waals surface area contributed by atoms with Crippen molar-refractivity contribution in [3.63, 3.8) is 0 Å². The molecule has 32 heavy (non-hydrogen) atoms. The van der Waals surface area contributed by atoms with Gasteiger partial charge in [0.15, 0.2) is 0 Å². The molecule has 182 valence electrons. The second-order valence-electron chi connectivity index (χ2n) is 15.4. The van der Waals surface area contributed by atoms with E-state index >= 15 is 0 Å². The van der Waals surface area contributed by atoms with Gasteiger partial charge in [-0.1, -0.05) is 67.0 Å². The maximum absolute atomic E-state index is 10.2. The van der Waals surface area contributed by atoms with Crippen LogP contribution in [-0.2, 0) is 0 Å². The topological polar surface area (TPSA) is 20.2 Å². The number of fused-ring (bicyclic) bond motifs is 7. The van der Waals surface area contributed by atoms with Crippen LogP contribution in [0.2, 0.25) is 0 Å². The molecule has 1 heteroatoms. The molecule has 4 fully saturated rings. The molecular weight excluding hydrogens is 388 g/mol. The molecule has 1 unspecified atom stereocenters. The molecule has 0 spiro atoms. The minimum absolute atomic E-state index is 0.119. The van der Waals surface area contributed by atoms with Gasteiger partial charge in [0, 0.05) is 6.61 Å². The molecule has 1 nitrogen and oxygen atoms in total. The molecule has 0 saturated heterocycles. The lowest BCUT2D eigenvalue weighted by atomic mass is 9.33. The highest BCUT2D eigenvalue weighted by atomic mass is 16.3. The molecule has 0 aromatic rings. The minimum Gasteiger partial charge on any atom is -0.396 e. The van der Waals surface area contributed by atoms with Crippen molar-refractivity contribution in [3.8, 4) is 0 Å². The van der Waals surface area contributed by atoms with Gasteiger partial charge in [-0.3, -0.25) is 0 Å². The van der Waals surface area contributed by atoms with E-state index in [2.05, 4.69) is 61.5 Å². The molecule has 4 saturated carbocycles. The van der Waals surface area contributed by atoms with Crippen LogP contribution in [-0.4, -0.2) is 11.7 Å². The van der Waals surface area contributed by atoms with Crippen molar-refractivity contribution in [2.75, 3.05) is 6.61 Å². The molecule has 1 N–H and O–H groups in total. The fourth-order valence-electron chi connectivity index (χ4n) is 10.7. The van der Waals surface area contributed by atoms with E-state index in [4.69, 9.17) is 0 Å². The van der Waals surface area contributed by atoms with Gasteiger partial charge in [0.25, 0.3) is 0 Å². The van der Waals surface area contributed by atoms with Crippen LogP contribution in [0.3, 0.4) is 0 Å². The van der Waals surface area contributed by atoms with Crippen LogP contribution in [0, 0.1) is 56.2 Å². The van der Waals surface area contributed by atoms with Crippen LogP contribution in [0.15, 0.2) is 11.6 Å². The van der Waals surface area contributed by atoms with Crippen LogP contribution < -0.4 is 0 Å². The lowest BCUT2D eigenvalue weighted by molar-refractivity contribution is -0.190. The van der Waals surface area contributed by atoms with Crippen LogP contribution in [0.4, 0.5) is 0 Å². The van der Waals surface area contributed by atoms with Crippen molar-refractivity contribution in [3.05, 3.63) is 11.6 Å². The van der Waals surface area contributed by atoms with Gasteiger partial charge < -0.3 is 5.11 Å². The third kappa shape index (κ3) is 2.79. The highest BCUT2D eigenvalue weighted by Gasteiger charge is 2.67. The van der Waals surface area contributed by atoms with E-state index in [-0.39, 0.29) is 5.41 Å². The normalized spacial score (nSPS) is 56.8. The highest BCUT2D eigenvalue weighted by Crippen LogP contribution is 2.76. The molecule has 0 bridgehead atoms. The maximum atomic E-state index is 10.2. The Bertz CT molecular complexity index is 809. The van der Waals surface area contributed by atoms with E-state index in [1.165, 1.54) is 64.2 Å². The summed E-state index contributed by atoms with van der Waals surface area (Å²) >= 11 is 0. The van der Waals surface area contributed by atoms with Crippen molar-refractivity contribution in [1.82, 2.24) is 0 Å². The summed E-state index contributed by atoms with van der Waals surface area (Å²) in [5, 5.41) is 10.2. The van der Waals surface area contributed by atoms with Gasteiger partial charge in [-0.05, 0) is 120 Å². The van der Waals surface area contributed by atoms with Crippen LogP contribution in [0.5, 0.6) is 0 Å². The molecule has 0 aromatic heterocycles. The average Bonchev–Trinajstić information content (AvgIpc) is 2.73. The zero-order valence-electron chi connectivity index (χ0n) is 22.6. The standard InChI is InChI=1S/C31H52O/c1-21-11-13-29(6)24(26(21,2)3)12-14-31(8)25(29)10-9-22-23-19-27(4,20-32)15-16-28(23,5)17-18-30(22,31)7/h9,21,23-25,32H,10-20H2,1-8H3/t21-,23-,24-,25?,27-,28+,29-,30+,31+/m0/s1. The van der Waals surface area contributed by atoms with E-state index < -0.39 is 0 Å². The number of hydrogen-bond acceptors (Lipinski definition) is 1. The SMILES string of the molecule is C[C@H]1CC[C@]2(C)C3CC=C4[C@@H]5C[C@@](C)(CO)CC[C@]5(C)CC[C@@]4(C)[C@]3(C)CC[C@H]2C1(C)C. The molecule has 5 rings (SSSR count). The van der Waals surface area contributed by atoms with E-state index in [0.717, 1.165) is 17.8 Å². The third-order valence-corrected chi connectivity index (χ3v) is 13.9. The fraction of sp³-hybridized carbons (Fsp3) is 0.935. The molecule has 0 amide bonds. The van der Waals surface area contributed by atoms with Gasteiger partial charge >= 0.3 is 0 Å². The Labute approximate surface area is 199 Å². The summed E-state index contributed by atoms with van der Waals surface area (Å²) in [6, 6.07) is 0. The van der Waals surface area contributed by atoms with Crippen molar-refractivity contribution in [2.24, 2.45) is 56.2 Å². The number of aliphatic hydroxyl groups excluding tert-OH is 1. The van der Waals surface area contributed by atoms with Crippen molar-refractivity contribution in [2.45, 2.75) is 120 Å². The number of allylic oxidation sites excluding steroid dienone is 2. The van der Waals surface area contributed by atoms with Crippen LogP contribution >= 0.6 is 0 Å². The van der Waals surface area contributed by atoms with E-state index in [9.17, 15) is 5.11 Å². The summed E-state index contributed by atoms with van der Waals surface area (Å²) in [7, 11) is 0. The van der Waals surface area contributed by atoms with Crippen molar-refractivity contribution >= 4 is 0 Å². The largest absolute Gasteiger partial charge is 0.396 e. The Morgan fingerprint density at radius 3 is 2.22 bits per heavy atom. The molecule has 0 heterocycles. The second kappa shape index (κ2) is 6.89. The summed E-state index contributed by atoms with van der Waals surface area (Å²) in [6.07, 6.45) is 16.3. The number of aliphatic hydroxyl groups is 1. The lowest BCUT2D eigenvalue weighted by Gasteiger charge is -2.71. The van der Waals surface area contributed by atoms with Gasteiger partial charge in [0.1, 0.15) is 0 Å². The molecule has 9 atom stereocenters. The summed E-state index contributed by atoms with van der Waals surface area (Å²) in [4.78, 5) is 0. The first-order valence-corrected chi connectivity index (χ1v) is 14.1.